The quantitative estimate of drug-likeness (QED) is 0.906. The van der Waals surface area contributed by atoms with Gasteiger partial charge in [0, 0.05) is 29.1 Å². The third-order valence-corrected chi connectivity index (χ3v) is 4.87. The molecule has 3 rings (SSSR count). The molecule has 3 heterocycles. The smallest absolute Gasteiger partial charge is 0.264 e. The number of nitrogens with two attached hydrogens (primary N) is 1. The first-order valence-corrected chi connectivity index (χ1v) is 7.59. The minimum atomic E-state index is -0.494. The highest BCUT2D eigenvalue weighted by Gasteiger charge is 2.33. The lowest BCUT2D eigenvalue weighted by molar-refractivity contribution is 0.0506. The first-order valence-electron chi connectivity index (χ1n) is 5.92. The number of thiophene rings is 1. The molecule has 20 heavy (non-hydrogen) atoms. The van der Waals surface area contributed by atoms with E-state index in [0.717, 1.165) is 4.47 Å². The van der Waals surface area contributed by atoms with Crippen molar-refractivity contribution >= 4 is 39.1 Å². The highest BCUT2D eigenvalue weighted by atomic mass is 79.9. The van der Waals surface area contributed by atoms with Crippen LogP contribution in [-0.2, 0) is 0 Å². The van der Waals surface area contributed by atoms with Crippen LogP contribution in [0.2, 0.25) is 0 Å². The van der Waals surface area contributed by atoms with Gasteiger partial charge in [-0.15, -0.1) is 11.3 Å². The normalized spacial score (nSPS) is 15.2. The fraction of sp³-hybridized carbons (Fsp3) is 0.250. The van der Waals surface area contributed by atoms with Crippen LogP contribution in [0.15, 0.2) is 28.3 Å². The van der Waals surface area contributed by atoms with E-state index in [1.165, 1.54) is 17.5 Å². The molecule has 1 fully saturated rings. The van der Waals surface area contributed by atoms with Crippen molar-refractivity contribution in [2.24, 2.45) is 5.73 Å². The number of amides is 2. The van der Waals surface area contributed by atoms with Crippen LogP contribution in [0.3, 0.4) is 0 Å². The number of carbonyl (C=O) groups excluding carboxylic acids is 2. The molecular weight excluding hydrogens is 344 g/mol. The van der Waals surface area contributed by atoms with E-state index >= 15 is 0 Å². The zero-order valence-electron chi connectivity index (χ0n) is 10.3. The second-order valence-electron chi connectivity index (χ2n) is 4.57. The Morgan fingerprint density at radius 3 is 2.75 bits per heavy atom. The lowest BCUT2D eigenvalue weighted by Gasteiger charge is -2.38. The highest BCUT2D eigenvalue weighted by Crippen LogP contribution is 2.26. The summed E-state index contributed by atoms with van der Waals surface area (Å²) in [5.74, 6) is -0.467. The summed E-state index contributed by atoms with van der Waals surface area (Å²) in [6.07, 6.45) is 3.07. The van der Waals surface area contributed by atoms with Gasteiger partial charge in [0.25, 0.3) is 11.8 Å². The molecule has 1 aliphatic rings. The first-order chi connectivity index (χ1) is 9.54. The van der Waals surface area contributed by atoms with Crippen LogP contribution in [0.1, 0.15) is 26.1 Å². The monoisotopic (exact) mass is 354 g/mol. The number of hydrogen-bond acceptors (Lipinski definition) is 4. The van der Waals surface area contributed by atoms with Crippen molar-refractivity contribution in [3.8, 4) is 0 Å². The van der Waals surface area contributed by atoms with E-state index in [-0.39, 0.29) is 11.9 Å². The van der Waals surface area contributed by atoms with Gasteiger partial charge in [-0.25, -0.2) is 0 Å². The molecule has 0 aliphatic carbocycles. The SMILES string of the molecule is NC(=O)c1cnn(C2CN(C(=O)c3cc(Br)cs3)C2)c1. The molecule has 0 atom stereocenters. The van der Waals surface area contributed by atoms with Gasteiger partial charge in [0.2, 0.25) is 0 Å². The summed E-state index contributed by atoms with van der Waals surface area (Å²) in [4.78, 5) is 25.6. The third kappa shape index (κ3) is 2.36. The number of aromatic nitrogens is 2. The van der Waals surface area contributed by atoms with Crippen molar-refractivity contribution in [2.45, 2.75) is 6.04 Å². The topological polar surface area (TPSA) is 81.2 Å². The Morgan fingerprint density at radius 2 is 2.20 bits per heavy atom. The molecule has 0 radical (unpaired) electrons. The fourth-order valence-electron chi connectivity index (χ4n) is 2.03. The first kappa shape index (κ1) is 13.3. The van der Waals surface area contributed by atoms with Gasteiger partial charge in [0.1, 0.15) is 0 Å². The highest BCUT2D eigenvalue weighted by molar-refractivity contribution is 9.10. The minimum Gasteiger partial charge on any atom is -0.366 e. The second kappa shape index (κ2) is 5.02. The lowest BCUT2D eigenvalue weighted by Crippen LogP contribution is -2.50. The molecule has 1 aliphatic heterocycles. The van der Waals surface area contributed by atoms with Crippen LogP contribution in [0.4, 0.5) is 0 Å². The number of hydrogen-bond donors (Lipinski definition) is 1. The average molecular weight is 355 g/mol. The van der Waals surface area contributed by atoms with Gasteiger partial charge in [0.15, 0.2) is 0 Å². The molecule has 2 aromatic rings. The zero-order valence-corrected chi connectivity index (χ0v) is 12.7. The Labute approximate surface area is 127 Å². The third-order valence-electron chi connectivity index (χ3n) is 3.19. The number of likely N-dealkylation sites (tertiary alicyclic amines) is 1. The number of primary amides is 1. The Morgan fingerprint density at radius 1 is 1.45 bits per heavy atom. The Hall–Kier alpha value is -1.67. The second-order valence-corrected chi connectivity index (χ2v) is 6.39. The minimum absolute atomic E-state index is 0.0271. The molecule has 2 aromatic heterocycles. The summed E-state index contributed by atoms with van der Waals surface area (Å²) in [5, 5.41) is 5.99. The number of carbonyl (C=O) groups is 2. The standard InChI is InChI=1S/C12H11BrN4O2S/c13-8-1-10(20-6-8)12(19)16-4-9(5-16)17-3-7(2-15-17)11(14)18/h1-3,6,9H,4-5H2,(H2,14,18). The van der Waals surface area contributed by atoms with Crippen LogP contribution in [0, 0.1) is 0 Å². The van der Waals surface area contributed by atoms with E-state index in [2.05, 4.69) is 21.0 Å². The van der Waals surface area contributed by atoms with Crippen LogP contribution in [0.25, 0.3) is 0 Å². The molecule has 2 N–H and O–H groups in total. The predicted molar refractivity (Wildman–Crippen MR) is 77.7 cm³/mol. The number of rotatable bonds is 3. The summed E-state index contributed by atoms with van der Waals surface area (Å²) in [6, 6.07) is 1.93. The largest absolute Gasteiger partial charge is 0.366 e. The molecule has 0 aromatic carbocycles. The van der Waals surface area contributed by atoms with E-state index in [4.69, 9.17) is 5.73 Å². The van der Waals surface area contributed by atoms with E-state index in [9.17, 15) is 9.59 Å². The molecular formula is C12H11BrN4O2S. The van der Waals surface area contributed by atoms with Crippen LogP contribution >= 0.6 is 27.3 Å². The van der Waals surface area contributed by atoms with Crippen molar-refractivity contribution in [1.82, 2.24) is 14.7 Å². The van der Waals surface area contributed by atoms with E-state index in [0.29, 0.717) is 23.5 Å². The Balaban J connectivity index is 1.63. The van der Waals surface area contributed by atoms with Crippen molar-refractivity contribution in [3.63, 3.8) is 0 Å². The summed E-state index contributed by atoms with van der Waals surface area (Å²) < 4.78 is 2.61. The lowest BCUT2D eigenvalue weighted by atomic mass is 10.1. The fourth-order valence-corrected chi connectivity index (χ4v) is 3.43. The van der Waals surface area contributed by atoms with Gasteiger partial charge in [-0.1, -0.05) is 0 Å². The molecule has 2 amide bonds. The van der Waals surface area contributed by atoms with Gasteiger partial charge in [-0.05, 0) is 22.0 Å². The van der Waals surface area contributed by atoms with Gasteiger partial charge < -0.3 is 10.6 Å². The van der Waals surface area contributed by atoms with Crippen LogP contribution in [0.5, 0.6) is 0 Å². The van der Waals surface area contributed by atoms with Crippen molar-refractivity contribution in [2.75, 3.05) is 13.1 Å². The molecule has 1 saturated heterocycles. The summed E-state index contributed by atoms with van der Waals surface area (Å²) >= 11 is 4.75. The van der Waals surface area contributed by atoms with E-state index < -0.39 is 5.91 Å². The maximum absolute atomic E-state index is 12.1. The number of nitrogens with zero attached hydrogens (tertiary/aromatic N) is 3. The van der Waals surface area contributed by atoms with E-state index in [1.807, 2.05) is 11.4 Å². The van der Waals surface area contributed by atoms with Crippen LogP contribution in [-0.4, -0.2) is 39.6 Å². The Bertz CT molecular complexity index is 675. The van der Waals surface area contributed by atoms with Gasteiger partial charge in [-0.2, -0.15) is 5.10 Å². The van der Waals surface area contributed by atoms with Gasteiger partial charge >= 0.3 is 0 Å². The van der Waals surface area contributed by atoms with Crippen molar-refractivity contribution in [3.05, 3.63) is 38.8 Å². The molecule has 0 bridgehead atoms. The zero-order chi connectivity index (χ0) is 14.3. The molecule has 6 nitrogen and oxygen atoms in total. The van der Waals surface area contributed by atoms with Gasteiger partial charge in [-0.3, -0.25) is 14.3 Å². The molecule has 0 saturated carbocycles. The Kier molecular flexibility index (Phi) is 3.35. The maximum atomic E-state index is 12.1. The average Bonchev–Trinajstić information content (AvgIpc) is 2.96. The molecule has 104 valence electrons. The molecule has 8 heteroatoms. The summed E-state index contributed by atoms with van der Waals surface area (Å²) in [7, 11) is 0. The van der Waals surface area contributed by atoms with Gasteiger partial charge in [0.05, 0.1) is 22.7 Å². The maximum Gasteiger partial charge on any atom is 0.264 e. The van der Waals surface area contributed by atoms with Crippen LogP contribution < -0.4 is 5.73 Å². The molecule has 0 unspecified atom stereocenters. The summed E-state index contributed by atoms with van der Waals surface area (Å²) in [5.41, 5.74) is 5.57. The number of halogens is 1. The van der Waals surface area contributed by atoms with Crippen molar-refractivity contribution in [1.29, 1.82) is 0 Å². The van der Waals surface area contributed by atoms with E-state index in [1.54, 1.807) is 15.8 Å². The van der Waals surface area contributed by atoms with Crippen molar-refractivity contribution < 1.29 is 9.59 Å². The summed E-state index contributed by atoms with van der Waals surface area (Å²) in [6.45, 7) is 1.18. The molecule has 0 spiro atoms. The predicted octanol–water partition coefficient (Wildman–Crippen LogP) is 1.50.